The molecule has 174 valence electrons. The number of anilines is 1. The van der Waals surface area contributed by atoms with Gasteiger partial charge in [-0.3, -0.25) is 4.79 Å². The highest BCUT2D eigenvalue weighted by Gasteiger charge is 2.30. The predicted molar refractivity (Wildman–Crippen MR) is 121 cm³/mol. The topological polar surface area (TPSA) is 113 Å². The van der Waals surface area contributed by atoms with Crippen LogP contribution in [0.4, 0.5) is 5.69 Å². The highest BCUT2D eigenvalue weighted by atomic mass is 32.2. The van der Waals surface area contributed by atoms with Crippen molar-refractivity contribution in [2.75, 3.05) is 39.6 Å². The maximum atomic E-state index is 13.1. The Morgan fingerprint density at radius 2 is 1.69 bits per heavy atom. The Kier molecular flexibility index (Phi) is 6.94. The SMILES string of the molecule is COc1ccc(C(=O)Nc2cc(S(=O)(=O)N(C)C)ccc2C)cc1S(=O)(=O)N1CCCC1. The van der Waals surface area contributed by atoms with E-state index in [9.17, 15) is 21.6 Å². The van der Waals surface area contributed by atoms with Crippen LogP contribution in [0.3, 0.4) is 0 Å². The first-order valence-corrected chi connectivity index (χ1v) is 12.9. The molecule has 2 aromatic rings. The van der Waals surface area contributed by atoms with Crippen molar-refractivity contribution in [2.24, 2.45) is 0 Å². The Morgan fingerprint density at radius 1 is 1.03 bits per heavy atom. The number of amides is 1. The van der Waals surface area contributed by atoms with E-state index in [1.807, 2.05) is 0 Å². The third kappa shape index (κ3) is 4.65. The number of rotatable bonds is 7. The van der Waals surface area contributed by atoms with Gasteiger partial charge in [-0.05, 0) is 55.7 Å². The average molecular weight is 482 g/mol. The molecule has 0 bridgehead atoms. The molecule has 1 fully saturated rings. The summed E-state index contributed by atoms with van der Waals surface area (Å²) in [4.78, 5) is 12.9. The summed E-state index contributed by atoms with van der Waals surface area (Å²) in [7, 11) is -3.27. The molecule has 1 saturated heterocycles. The van der Waals surface area contributed by atoms with Gasteiger partial charge in [0.15, 0.2) is 0 Å². The number of sulfonamides is 2. The van der Waals surface area contributed by atoms with Crippen molar-refractivity contribution in [2.45, 2.75) is 29.6 Å². The van der Waals surface area contributed by atoms with Crippen LogP contribution in [0.1, 0.15) is 28.8 Å². The van der Waals surface area contributed by atoms with Gasteiger partial charge in [0.25, 0.3) is 5.91 Å². The van der Waals surface area contributed by atoms with Crippen molar-refractivity contribution >= 4 is 31.6 Å². The van der Waals surface area contributed by atoms with E-state index in [0.29, 0.717) is 24.3 Å². The van der Waals surface area contributed by atoms with Crippen molar-refractivity contribution in [3.8, 4) is 5.75 Å². The Labute approximate surface area is 189 Å². The van der Waals surface area contributed by atoms with Crippen LogP contribution in [0.2, 0.25) is 0 Å². The zero-order chi connectivity index (χ0) is 23.7. The Hall–Kier alpha value is -2.47. The normalized spacial score (nSPS) is 15.2. The largest absolute Gasteiger partial charge is 0.495 e. The number of ether oxygens (including phenoxy) is 1. The number of benzene rings is 2. The molecule has 11 heteroatoms. The number of nitrogens with zero attached hydrogens (tertiary/aromatic N) is 2. The van der Waals surface area contributed by atoms with Gasteiger partial charge in [0.1, 0.15) is 10.6 Å². The summed E-state index contributed by atoms with van der Waals surface area (Å²) in [5.74, 6) is -0.406. The Bertz CT molecular complexity index is 1230. The molecule has 2 aromatic carbocycles. The van der Waals surface area contributed by atoms with E-state index in [1.54, 1.807) is 13.0 Å². The Morgan fingerprint density at radius 3 is 2.28 bits per heavy atom. The lowest BCUT2D eigenvalue weighted by atomic mass is 10.1. The minimum absolute atomic E-state index is 0.0374. The zero-order valence-electron chi connectivity index (χ0n) is 18.5. The fraction of sp³-hybridized carbons (Fsp3) is 0.381. The minimum atomic E-state index is -3.81. The molecule has 0 saturated carbocycles. The van der Waals surface area contributed by atoms with Gasteiger partial charge in [-0.1, -0.05) is 6.07 Å². The molecule has 3 rings (SSSR count). The molecule has 9 nitrogen and oxygen atoms in total. The molecule has 1 aliphatic heterocycles. The van der Waals surface area contributed by atoms with E-state index >= 15 is 0 Å². The van der Waals surface area contributed by atoms with E-state index < -0.39 is 26.0 Å². The van der Waals surface area contributed by atoms with Crippen LogP contribution in [0, 0.1) is 6.92 Å². The standard InChI is InChI=1S/C21H27N3O6S2/c1-15-7-9-17(31(26,27)23(2)3)14-18(15)22-21(25)16-8-10-19(30-4)20(13-16)32(28,29)24-11-5-6-12-24/h7-10,13-14H,5-6,11-12H2,1-4H3,(H,22,25). The monoisotopic (exact) mass is 481 g/mol. The molecule has 0 unspecified atom stereocenters. The molecule has 1 N–H and O–H groups in total. The van der Waals surface area contributed by atoms with Gasteiger partial charge in [-0.25, -0.2) is 21.1 Å². The van der Waals surface area contributed by atoms with E-state index in [-0.39, 0.29) is 21.1 Å². The first kappa shape index (κ1) is 24.2. The summed E-state index contributed by atoms with van der Waals surface area (Å²) in [5, 5.41) is 2.69. The fourth-order valence-corrected chi connectivity index (χ4v) is 6.02. The molecule has 0 atom stereocenters. The second-order valence-electron chi connectivity index (χ2n) is 7.70. The van der Waals surface area contributed by atoms with Crippen molar-refractivity contribution in [3.05, 3.63) is 47.5 Å². The number of aryl methyl sites for hydroxylation is 1. The molecule has 0 aliphatic carbocycles. The molecule has 1 heterocycles. The van der Waals surface area contributed by atoms with Crippen LogP contribution in [0.5, 0.6) is 5.75 Å². The molecule has 0 radical (unpaired) electrons. The first-order chi connectivity index (χ1) is 15.0. The molecule has 0 spiro atoms. The third-order valence-corrected chi connectivity index (χ3v) is 9.08. The van der Waals surface area contributed by atoms with Gasteiger partial charge in [0, 0.05) is 38.4 Å². The molecular weight excluding hydrogens is 454 g/mol. The van der Waals surface area contributed by atoms with Gasteiger partial charge in [0.05, 0.1) is 12.0 Å². The van der Waals surface area contributed by atoms with Crippen molar-refractivity contribution in [3.63, 3.8) is 0 Å². The summed E-state index contributed by atoms with van der Waals surface area (Å²) >= 11 is 0. The first-order valence-electron chi connectivity index (χ1n) is 10.0. The fourth-order valence-electron chi connectivity index (χ4n) is 3.39. The van der Waals surface area contributed by atoms with Crippen molar-refractivity contribution in [1.82, 2.24) is 8.61 Å². The lowest BCUT2D eigenvalue weighted by Crippen LogP contribution is -2.28. The van der Waals surface area contributed by atoms with Crippen LogP contribution >= 0.6 is 0 Å². The number of nitrogens with one attached hydrogen (secondary N) is 1. The molecule has 1 amide bonds. The second kappa shape index (κ2) is 9.18. The van der Waals surface area contributed by atoms with Crippen molar-refractivity contribution in [1.29, 1.82) is 0 Å². The zero-order valence-corrected chi connectivity index (χ0v) is 20.1. The molecular formula is C21H27N3O6S2. The maximum Gasteiger partial charge on any atom is 0.255 e. The van der Waals surface area contributed by atoms with Crippen molar-refractivity contribution < 1.29 is 26.4 Å². The summed E-state index contributed by atoms with van der Waals surface area (Å²) in [5.41, 5.74) is 1.09. The highest BCUT2D eigenvalue weighted by molar-refractivity contribution is 7.89. The lowest BCUT2D eigenvalue weighted by molar-refractivity contribution is 0.102. The van der Waals surface area contributed by atoms with Crippen LogP contribution in [-0.2, 0) is 20.0 Å². The second-order valence-corrected chi connectivity index (χ2v) is 11.8. The Balaban J connectivity index is 1.96. The summed E-state index contributed by atoms with van der Waals surface area (Å²) < 4.78 is 58.7. The van der Waals surface area contributed by atoms with Gasteiger partial charge in [-0.2, -0.15) is 4.31 Å². The maximum absolute atomic E-state index is 13.1. The van der Waals surface area contributed by atoms with E-state index in [2.05, 4.69) is 5.32 Å². The summed E-state index contributed by atoms with van der Waals surface area (Å²) in [6, 6.07) is 8.65. The van der Waals surface area contributed by atoms with E-state index in [0.717, 1.165) is 17.1 Å². The molecule has 0 aromatic heterocycles. The van der Waals surface area contributed by atoms with Gasteiger partial charge >= 0.3 is 0 Å². The average Bonchev–Trinajstić information content (AvgIpc) is 3.30. The summed E-state index contributed by atoms with van der Waals surface area (Å²) in [6.45, 7) is 2.58. The quantitative estimate of drug-likeness (QED) is 0.649. The lowest BCUT2D eigenvalue weighted by Gasteiger charge is -2.18. The number of hydrogen-bond donors (Lipinski definition) is 1. The molecule has 1 aliphatic rings. The van der Waals surface area contributed by atoms with Gasteiger partial charge < -0.3 is 10.1 Å². The summed E-state index contributed by atoms with van der Waals surface area (Å²) in [6.07, 6.45) is 1.57. The number of carbonyl (C=O) groups is 1. The van der Waals surface area contributed by atoms with Crippen LogP contribution in [0.15, 0.2) is 46.2 Å². The van der Waals surface area contributed by atoms with Crippen LogP contribution < -0.4 is 10.1 Å². The highest BCUT2D eigenvalue weighted by Crippen LogP contribution is 2.30. The third-order valence-electron chi connectivity index (χ3n) is 5.34. The minimum Gasteiger partial charge on any atom is -0.495 e. The van der Waals surface area contributed by atoms with Crippen LogP contribution in [0.25, 0.3) is 0 Å². The van der Waals surface area contributed by atoms with Gasteiger partial charge in [-0.15, -0.1) is 0 Å². The van der Waals surface area contributed by atoms with Gasteiger partial charge in [0.2, 0.25) is 20.0 Å². The van der Waals surface area contributed by atoms with Crippen LogP contribution in [-0.4, -0.2) is 65.6 Å². The van der Waals surface area contributed by atoms with E-state index in [1.165, 1.54) is 55.8 Å². The van der Waals surface area contributed by atoms with E-state index in [4.69, 9.17) is 4.74 Å². The molecule has 32 heavy (non-hydrogen) atoms. The number of methoxy groups -OCH3 is 1. The number of hydrogen-bond acceptors (Lipinski definition) is 6. The predicted octanol–water partition coefficient (Wildman–Crippen LogP) is 2.29. The smallest absolute Gasteiger partial charge is 0.255 e. The number of carbonyl (C=O) groups excluding carboxylic acids is 1.